The number of rotatable bonds is 3. The van der Waals surface area contributed by atoms with Crippen molar-refractivity contribution in [1.82, 2.24) is 20.1 Å². The largest absolute Gasteiger partial charge is 0.336 e. The molecule has 3 heterocycles. The standard InChI is InChI=1S/C21H22N4O/c1-21(17-6-3-2-4-7-17)10-5-13-25(15-21)20(26)19-14-18(23-24-19)16-8-11-22-12-9-16/h2-4,6-9,11-12,14H,5,10,13,15H2,1H3,(H,23,24)/t21-/m1/s1. The second kappa shape index (κ2) is 6.75. The fourth-order valence-corrected chi connectivity index (χ4v) is 3.76. The van der Waals surface area contributed by atoms with E-state index >= 15 is 0 Å². The van der Waals surface area contributed by atoms with Crippen LogP contribution in [0.5, 0.6) is 0 Å². The molecule has 3 aromatic rings. The fraction of sp³-hybridized carbons (Fsp3) is 0.286. The van der Waals surface area contributed by atoms with Crippen LogP contribution in [0.3, 0.4) is 0 Å². The summed E-state index contributed by atoms with van der Waals surface area (Å²) < 4.78 is 0. The summed E-state index contributed by atoms with van der Waals surface area (Å²) in [7, 11) is 0. The molecule has 26 heavy (non-hydrogen) atoms. The second-order valence-corrected chi connectivity index (χ2v) is 7.16. The van der Waals surface area contributed by atoms with Crippen LogP contribution in [0, 0.1) is 0 Å². The Bertz CT molecular complexity index is 891. The highest BCUT2D eigenvalue weighted by Crippen LogP contribution is 2.34. The minimum atomic E-state index is -0.0108. The third-order valence-corrected chi connectivity index (χ3v) is 5.24. The molecule has 0 radical (unpaired) electrons. The maximum absolute atomic E-state index is 13.0. The van der Waals surface area contributed by atoms with Gasteiger partial charge in [0.1, 0.15) is 5.69 Å². The van der Waals surface area contributed by atoms with Crippen molar-refractivity contribution in [3.8, 4) is 11.3 Å². The van der Waals surface area contributed by atoms with Gasteiger partial charge in [-0.15, -0.1) is 0 Å². The van der Waals surface area contributed by atoms with E-state index in [9.17, 15) is 4.79 Å². The molecule has 0 spiro atoms. The van der Waals surface area contributed by atoms with Crippen LogP contribution in [0.4, 0.5) is 0 Å². The molecule has 1 atom stereocenters. The van der Waals surface area contributed by atoms with Crippen molar-refractivity contribution in [1.29, 1.82) is 0 Å². The average molecular weight is 346 g/mol. The number of aromatic nitrogens is 3. The van der Waals surface area contributed by atoms with Gasteiger partial charge in [-0.1, -0.05) is 37.3 Å². The van der Waals surface area contributed by atoms with Gasteiger partial charge in [0.25, 0.3) is 5.91 Å². The lowest BCUT2D eigenvalue weighted by Gasteiger charge is -2.40. The summed E-state index contributed by atoms with van der Waals surface area (Å²) in [5.74, 6) is 0.0136. The summed E-state index contributed by atoms with van der Waals surface area (Å²) in [4.78, 5) is 19.0. The van der Waals surface area contributed by atoms with Gasteiger partial charge in [-0.25, -0.2) is 0 Å². The van der Waals surface area contributed by atoms with Gasteiger partial charge in [0.15, 0.2) is 0 Å². The Labute approximate surface area is 153 Å². The van der Waals surface area contributed by atoms with E-state index in [1.165, 1.54) is 5.56 Å². The molecule has 132 valence electrons. The first-order chi connectivity index (χ1) is 12.7. The van der Waals surface area contributed by atoms with Crippen LogP contribution in [0.1, 0.15) is 35.8 Å². The summed E-state index contributed by atoms with van der Waals surface area (Å²) in [6, 6.07) is 16.1. The fourth-order valence-electron chi connectivity index (χ4n) is 3.76. The van der Waals surface area contributed by atoms with Gasteiger partial charge in [0, 0.05) is 36.5 Å². The number of piperidine rings is 1. The Morgan fingerprint density at radius 2 is 1.92 bits per heavy atom. The number of nitrogens with one attached hydrogen (secondary N) is 1. The minimum absolute atomic E-state index is 0.0108. The highest BCUT2D eigenvalue weighted by atomic mass is 16.2. The normalized spacial score (nSPS) is 20.1. The van der Waals surface area contributed by atoms with E-state index in [0.717, 1.165) is 37.2 Å². The predicted octanol–water partition coefficient (Wildman–Crippen LogP) is 3.67. The molecule has 1 aliphatic rings. The molecule has 0 saturated carbocycles. The Balaban J connectivity index is 1.54. The third-order valence-electron chi connectivity index (χ3n) is 5.24. The number of carbonyl (C=O) groups is 1. The Morgan fingerprint density at radius 3 is 2.69 bits per heavy atom. The zero-order chi connectivity index (χ0) is 18.0. The van der Waals surface area contributed by atoms with Gasteiger partial charge in [-0.05, 0) is 36.6 Å². The van der Waals surface area contributed by atoms with Crippen LogP contribution in [0.2, 0.25) is 0 Å². The van der Waals surface area contributed by atoms with E-state index < -0.39 is 0 Å². The number of pyridine rings is 1. The smallest absolute Gasteiger partial charge is 0.271 e. The molecule has 1 fully saturated rings. The molecule has 1 amide bonds. The molecule has 2 aromatic heterocycles. The van der Waals surface area contributed by atoms with Gasteiger partial charge in [0.2, 0.25) is 0 Å². The topological polar surface area (TPSA) is 61.9 Å². The lowest BCUT2D eigenvalue weighted by molar-refractivity contribution is 0.0645. The number of hydrogen-bond acceptors (Lipinski definition) is 3. The summed E-state index contributed by atoms with van der Waals surface area (Å²) >= 11 is 0. The van der Waals surface area contributed by atoms with E-state index in [-0.39, 0.29) is 11.3 Å². The molecule has 1 aromatic carbocycles. The summed E-state index contributed by atoms with van der Waals surface area (Å²) in [6.07, 6.45) is 5.54. The van der Waals surface area contributed by atoms with Crippen LogP contribution >= 0.6 is 0 Å². The average Bonchev–Trinajstić information content (AvgIpc) is 3.19. The number of benzene rings is 1. The monoisotopic (exact) mass is 346 g/mol. The van der Waals surface area contributed by atoms with Crippen LogP contribution < -0.4 is 0 Å². The summed E-state index contributed by atoms with van der Waals surface area (Å²) in [6.45, 7) is 3.75. The van der Waals surface area contributed by atoms with Gasteiger partial charge in [-0.2, -0.15) is 5.10 Å². The van der Waals surface area contributed by atoms with Crippen molar-refractivity contribution in [2.24, 2.45) is 0 Å². The molecule has 0 unspecified atom stereocenters. The molecule has 1 N–H and O–H groups in total. The number of H-pyrrole nitrogens is 1. The highest BCUT2D eigenvalue weighted by Gasteiger charge is 2.35. The Morgan fingerprint density at radius 1 is 1.15 bits per heavy atom. The highest BCUT2D eigenvalue weighted by molar-refractivity contribution is 5.93. The van der Waals surface area contributed by atoms with E-state index in [1.807, 2.05) is 29.2 Å². The summed E-state index contributed by atoms with van der Waals surface area (Å²) in [5.41, 5.74) is 3.53. The quantitative estimate of drug-likeness (QED) is 0.787. The number of carbonyl (C=O) groups excluding carboxylic acids is 1. The van der Waals surface area contributed by atoms with Crippen LogP contribution in [-0.2, 0) is 5.41 Å². The number of aromatic amines is 1. The minimum Gasteiger partial charge on any atom is -0.336 e. The van der Waals surface area contributed by atoms with E-state index in [1.54, 1.807) is 12.4 Å². The van der Waals surface area contributed by atoms with Gasteiger partial charge in [0.05, 0.1) is 5.69 Å². The zero-order valence-electron chi connectivity index (χ0n) is 14.9. The Hall–Kier alpha value is -2.95. The maximum Gasteiger partial charge on any atom is 0.271 e. The van der Waals surface area contributed by atoms with Crippen molar-refractivity contribution < 1.29 is 4.79 Å². The van der Waals surface area contributed by atoms with Crippen molar-refractivity contribution >= 4 is 5.91 Å². The van der Waals surface area contributed by atoms with E-state index in [0.29, 0.717) is 5.69 Å². The van der Waals surface area contributed by atoms with Gasteiger partial charge < -0.3 is 4.90 Å². The number of likely N-dealkylation sites (tertiary alicyclic amines) is 1. The first-order valence-electron chi connectivity index (χ1n) is 8.96. The SMILES string of the molecule is C[C@@]1(c2ccccc2)CCCN(C(=O)c2cc(-c3ccncc3)n[nH]2)C1. The molecule has 1 saturated heterocycles. The second-order valence-electron chi connectivity index (χ2n) is 7.16. The lowest BCUT2D eigenvalue weighted by atomic mass is 9.76. The molecular weight excluding hydrogens is 324 g/mol. The van der Waals surface area contributed by atoms with Crippen molar-refractivity contribution in [3.05, 3.63) is 72.2 Å². The Kier molecular flexibility index (Phi) is 4.29. The maximum atomic E-state index is 13.0. The molecule has 5 nitrogen and oxygen atoms in total. The van der Waals surface area contributed by atoms with Crippen molar-refractivity contribution in [3.63, 3.8) is 0 Å². The van der Waals surface area contributed by atoms with Crippen molar-refractivity contribution in [2.75, 3.05) is 13.1 Å². The predicted molar refractivity (Wildman–Crippen MR) is 101 cm³/mol. The molecule has 0 bridgehead atoms. The van der Waals surface area contributed by atoms with Crippen LogP contribution in [0.15, 0.2) is 60.9 Å². The first-order valence-corrected chi connectivity index (χ1v) is 8.96. The van der Waals surface area contributed by atoms with Gasteiger partial charge in [-0.3, -0.25) is 14.9 Å². The summed E-state index contributed by atoms with van der Waals surface area (Å²) in [5, 5.41) is 7.20. The molecule has 0 aliphatic carbocycles. The van der Waals surface area contributed by atoms with Crippen molar-refractivity contribution in [2.45, 2.75) is 25.2 Å². The molecule has 4 rings (SSSR count). The van der Waals surface area contributed by atoms with Gasteiger partial charge >= 0.3 is 0 Å². The number of amides is 1. The lowest BCUT2D eigenvalue weighted by Crippen LogP contribution is -2.47. The third kappa shape index (κ3) is 3.12. The number of hydrogen-bond donors (Lipinski definition) is 1. The molecule has 5 heteroatoms. The zero-order valence-corrected chi connectivity index (χ0v) is 14.9. The van der Waals surface area contributed by atoms with E-state index in [2.05, 4.69) is 46.4 Å². The molecule has 1 aliphatic heterocycles. The first kappa shape index (κ1) is 16.5. The van der Waals surface area contributed by atoms with Crippen LogP contribution in [0.25, 0.3) is 11.3 Å². The van der Waals surface area contributed by atoms with E-state index in [4.69, 9.17) is 0 Å². The molecular formula is C21H22N4O. The number of nitrogens with zero attached hydrogens (tertiary/aromatic N) is 3. The van der Waals surface area contributed by atoms with Crippen LogP contribution in [-0.4, -0.2) is 39.1 Å².